The van der Waals surface area contributed by atoms with Crippen LogP contribution in [0.3, 0.4) is 0 Å². The van der Waals surface area contributed by atoms with Gasteiger partial charge in [-0.3, -0.25) is 0 Å². The highest BCUT2D eigenvalue weighted by Crippen LogP contribution is 2.26. The van der Waals surface area contributed by atoms with Gasteiger partial charge in [-0.1, -0.05) is 27.2 Å². The van der Waals surface area contributed by atoms with Gasteiger partial charge in [-0.2, -0.15) is 0 Å². The maximum absolute atomic E-state index is 5.64. The first-order valence-corrected chi connectivity index (χ1v) is 7.53. The Labute approximate surface area is 119 Å². The van der Waals surface area contributed by atoms with Crippen molar-refractivity contribution in [1.29, 1.82) is 0 Å². The van der Waals surface area contributed by atoms with Crippen LogP contribution in [-0.2, 0) is 14.2 Å². The van der Waals surface area contributed by atoms with Crippen LogP contribution in [0.4, 0.5) is 0 Å². The Morgan fingerprint density at radius 2 is 1.53 bits per heavy atom. The second-order valence-corrected chi connectivity index (χ2v) is 5.31. The number of methoxy groups -OCH3 is 1. The summed E-state index contributed by atoms with van der Waals surface area (Å²) < 4.78 is 15.9. The first kappa shape index (κ1) is 18.8. The molecule has 1 unspecified atom stereocenters. The molecule has 116 valence electrons. The predicted molar refractivity (Wildman–Crippen MR) is 79.7 cm³/mol. The molecule has 0 aromatic carbocycles. The van der Waals surface area contributed by atoms with E-state index >= 15 is 0 Å². The quantitative estimate of drug-likeness (QED) is 0.494. The predicted octanol–water partition coefficient (Wildman–Crippen LogP) is 2.47. The van der Waals surface area contributed by atoms with Crippen LogP contribution < -0.4 is 5.32 Å². The van der Waals surface area contributed by atoms with Crippen molar-refractivity contribution < 1.29 is 14.2 Å². The van der Waals surface area contributed by atoms with Crippen LogP contribution in [0, 0.1) is 5.41 Å². The van der Waals surface area contributed by atoms with E-state index in [1.165, 1.54) is 12.8 Å². The molecule has 19 heavy (non-hydrogen) atoms. The Hall–Kier alpha value is -0.160. The summed E-state index contributed by atoms with van der Waals surface area (Å²) in [4.78, 5) is 0. The molecular formula is C15H33NO3. The van der Waals surface area contributed by atoms with E-state index in [0.717, 1.165) is 26.1 Å². The van der Waals surface area contributed by atoms with E-state index in [2.05, 4.69) is 26.1 Å². The lowest BCUT2D eigenvalue weighted by Gasteiger charge is -2.29. The van der Waals surface area contributed by atoms with E-state index in [4.69, 9.17) is 14.2 Å². The van der Waals surface area contributed by atoms with Gasteiger partial charge in [0.15, 0.2) is 0 Å². The van der Waals surface area contributed by atoms with Crippen molar-refractivity contribution in [2.45, 2.75) is 40.0 Å². The fourth-order valence-corrected chi connectivity index (χ4v) is 2.11. The fourth-order valence-electron chi connectivity index (χ4n) is 2.11. The average molecular weight is 275 g/mol. The van der Waals surface area contributed by atoms with Crippen LogP contribution in [0.2, 0.25) is 0 Å². The zero-order chi connectivity index (χ0) is 14.4. The summed E-state index contributed by atoms with van der Waals surface area (Å²) >= 11 is 0. The average Bonchev–Trinajstić information content (AvgIpc) is 2.40. The van der Waals surface area contributed by atoms with Gasteiger partial charge in [-0.25, -0.2) is 0 Å². The largest absolute Gasteiger partial charge is 0.382 e. The van der Waals surface area contributed by atoms with Crippen molar-refractivity contribution in [2.75, 3.05) is 53.2 Å². The topological polar surface area (TPSA) is 39.7 Å². The normalized spacial score (nSPS) is 14.5. The van der Waals surface area contributed by atoms with Crippen molar-refractivity contribution in [2.24, 2.45) is 5.41 Å². The van der Waals surface area contributed by atoms with E-state index in [9.17, 15) is 0 Å². The van der Waals surface area contributed by atoms with Crippen LogP contribution in [0.1, 0.15) is 40.0 Å². The third kappa shape index (κ3) is 11.4. The summed E-state index contributed by atoms with van der Waals surface area (Å²) in [7, 11) is 1.68. The molecule has 0 radical (unpaired) electrons. The van der Waals surface area contributed by atoms with Crippen molar-refractivity contribution in [1.82, 2.24) is 5.32 Å². The number of nitrogens with one attached hydrogen (secondary N) is 1. The second kappa shape index (κ2) is 12.9. The van der Waals surface area contributed by atoms with Gasteiger partial charge in [0.05, 0.1) is 26.4 Å². The first-order chi connectivity index (χ1) is 9.18. The van der Waals surface area contributed by atoms with Gasteiger partial charge in [0.25, 0.3) is 0 Å². The maximum atomic E-state index is 5.64. The molecule has 0 rings (SSSR count). The molecule has 0 fully saturated rings. The molecule has 0 saturated heterocycles. The molecule has 0 amide bonds. The molecule has 4 heteroatoms. The van der Waals surface area contributed by atoms with E-state index in [-0.39, 0.29) is 0 Å². The third-order valence-electron chi connectivity index (χ3n) is 3.31. The number of hydrogen-bond donors (Lipinski definition) is 1. The van der Waals surface area contributed by atoms with Crippen LogP contribution in [0.5, 0.6) is 0 Å². The molecule has 0 heterocycles. The highest BCUT2D eigenvalue weighted by Gasteiger charge is 2.22. The highest BCUT2D eigenvalue weighted by molar-refractivity contribution is 4.76. The van der Waals surface area contributed by atoms with Crippen molar-refractivity contribution >= 4 is 0 Å². The lowest BCUT2D eigenvalue weighted by molar-refractivity contribution is 0.0169. The Kier molecular flexibility index (Phi) is 12.7. The van der Waals surface area contributed by atoms with Crippen molar-refractivity contribution in [3.8, 4) is 0 Å². The summed E-state index contributed by atoms with van der Waals surface area (Å²) in [5.74, 6) is 0. The highest BCUT2D eigenvalue weighted by atomic mass is 16.5. The summed E-state index contributed by atoms with van der Waals surface area (Å²) in [5, 5.41) is 3.45. The minimum atomic E-state index is 0.349. The lowest BCUT2D eigenvalue weighted by Crippen LogP contribution is -2.33. The number of rotatable bonds is 14. The molecule has 1 atom stereocenters. The minimum Gasteiger partial charge on any atom is -0.382 e. The zero-order valence-electron chi connectivity index (χ0n) is 13.3. The van der Waals surface area contributed by atoms with Crippen LogP contribution >= 0.6 is 0 Å². The SMILES string of the molecule is CCCC(C)(CCOCCOCCOC)CNCC. The molecule has 4 nitrogen and oxygen atoms in total. The van der Waals surface area contributed by atoms with Gasteiger partial charge in [-0.15, -0.1) is 0 Å². The van der Waals surface area contributed by atoms with Gasteiger partial charge in [0.1, 0.15) is 0 Å². The molecule has 0 spiro atoms. The minimum absolute atomic E-state index is 0.349. The Morgan fingerprint density at radius 3 is 2.11 bits per heavy atom. The first-order valence-electron chi connectivity index (χ1n) is 7.53. The molecule has 0 saturated carbocycles. The van der Waals surface area contributed by atoms with E-state index in [0.29, 0.717) is 31.8 Å². The van der Waals surface area contributed by atoms with Crippen molar-refractivity contribution in [3.05, 3.63) is 0 Å². The second-order valence-electron chi connectivity index (χ2n) is 5.31. The molecular weight excluding hydrogens is 242 g/mol. The fraction of sp³-hybridized carbons (Fsp3) is 1.00. The van der Waals surface area contributed by atoms with Crippen LogP contribution in [0.25, 0.3) is 0 Å². The number of hydrogen-bond acceptors (Lipinski definition) is 4. The Bertz CT molecular complexity index is 190. The Morgan fingerprint density at radius 1 is 0.895 bits per heavy atom. The molecule has 1 N–H and O–H groups in total. The molecule has 0 aliphatic carbocycles. The molecule has 0 aliphatic heterocycles. The van der Waals surface area contributed by atoms with Gasteiger partial charge in [0, 0.05) is 20.3 Å². The van der Waals surface area contributed by atoms with E-state index in [1.807, 2.05) is 0 Å². The van der Waals surface area contributed by atoms with Gasteiger partial charge >= 0.3 is 0 Å². The summed E-state index contributed by atoms with van der Waals surface area (Å²) in [6.45, 7) is 12.3. The zero-order valence-corrected chi connectivity index (χ0v) is 13.3. The summed E-state index contributed by atoms with van der Waals surface area (Å²) in [6, 6.07) is 0. The van der Waals surface area contributed by atoms with Crippen molar-refractivity contribution in [3.63, 3.8) is 0 Å². The Balaban J connectivity index is 3.57. The standard InChI is InChI=1S/C15H33NO3/c1-5-7-15(3,14-16-6-2)8-9-18-12-13-19-11-10-17-4/h16H,5-14H2,1-4H3. The van der Waals surface area contributed by atoms with E-state index in [1.54, 1.807) is 7.11 Å². The van der Waals surface area contributed by atoms with Gasteiger partial charge < -0.3 is 19.5 Å². The summed E-state index contributed by atoms with van der Waals surface area (Å²) in [6.07, 6.45) is 3.57. The monoisotopic (exact) mass is 275 g/mol. The van der Waals surface area contributed by atoms with Crippen LogP contribution in [0.15, 0.2) is 0 Å². The smallest absolute Gasteiger partial charge is 0.0701 e. The van der Waals surface area contributed by atoms with E-state index < -0.39 is 0 Å². The third-order valence-corrected chi connectivity index (χ3v) is 3.31. The number of ether oxygens (including phenoxy) is 3. The molecule has 0 bridgehead atoms. The molecule has 0 aliphatic rings. The lowest BCUT2D eigenvalue weighted by atomic mass is 9.82. The van der Waals surface area contributed by atoms with Crippen LogP contribution in [-0.4, -0.2) is 53.2 Å². The summed E-state index contributed by atoms with van der Waals surface area (Å²) in [5.41, 5.74) is 0.349. The molecule has 0 aromatic heterocycles. The molecule has 0 aromatic rings. The maximum Gasteiger partial charge on any atom is 0.0701 e. The van der Waals surface area contributed by atoms with Gasteiger partial charge in [0.2, 0.25) is 0 Å². The van der Waals surface area contributed by atoms with Gasteiger partial charge in [-0.05, 0) is 24.8 Å².